The lowest BCUT2D eigenvalue weighted by Gasteiger charge is -2.32. The van der Waals surface area contributed by atoms with Crippen molar-refractivity contribution in [3.8, 4) is 5.88 Å². The summed E-state index contributed by atoms with van der Waals surface area (Å²) in [5, 5.41) is -0.116. The Morgan fingerprint density at radius 3 is 2.14 bits per heavy atom. The minimum absolute atomic E-state index is 0.0374. The highest BCUT2D eigenvalue weighted by Crippen LogP contribution is 2.37. The molecule has 0 saturated carbocycles. The number of rotatable bonds is 2. The Labute approximate surface area is 125 Å². The van der Waals surface area contributed by atoms with Crippen molar-refractivity contribution in [2.75, 3.05) is 0 Å². The predicted octanol–water partition coefficient (Wildman–Crippen LogP) is 2.93. The molecule has 4 nitrogen and oxygen atoms in total. The van der Waals surface area contributed by atoms with Gasteiger partial charge < -0.3 is 14.0 Å². The molecule has 0 N–H and O–H groups in total. The zero-order chi connectivity index (χ0) is 16.1. The van der Waals surface area contributed by atoms with Gasteiger partial charge in [-0.2, -0.15) is 0 Å². The quantitative estimate of drug-likeness (QED) is 0.620. The van der Waals surface area contributed by atoms with Crippen molar-refractivity contribution in [1.82, 2.24) is 4.98 Å². The number of hydrogen-bond acceptors (Lipinski definition) is 4. The van der Waals surface area contributed by atoms with Gasteiger partial charge in [0.05, 0.1) is 11.2 Å². The topological polar surface area (TPSA) is 40.6 Å². The molecule has 1 saturated heterocycles. The Balaban J connectivity index is 2.37. The van der Waals surface area contributed by atoms with Gasteiger partial charge in [0.15, 0.2) is 0 Å². The standard InChI is InChI=1S/C12H14BClF3NO3/c1-10(2)11(3,4)21-13(20-10)7-5-6-8(14)18-9(7)19-12(15,16)17/h5-6H,1-4H3. The summed E-state index contributed by atoms with van der Waals surface area (Å²) in [7, 11) is -1.02. The van der Waals surface area contributed by atoms with Crippen LogP contribution >= 0.6 is 11.6 Å². The van der Waals surface area contributed by atoms with Crippen LogP contribution in [0, 0.1) is 0 Å². The van der Waals surface area contributed by atoms with Crippen LogP contribution in [0.1, 0.15) is 27.7 Å². The minimum atomic E-state index is -4.88. The molecular weight excluding hydrogens is 309 g/mol. The fraction of sp³-hybridized carbons (Fsp3) is 0.583. The molecule has 9 heteroatoms. The zero-order valence-corrected chi connectivity index (χ0v) is 12.7. The van der Waals surface area contributed by atoms with Gasteiger partial charge in [0.1, 0.15) is 5.15 Å². The second-order valence-electron chi connectivity index (χ2n) is 5.66. The molecule has 0 unspecified atom stereocenters. The number of nitrogens with zero attached hydrogens (tertiary/aromatic N) is 1. The number of pyridine rings is 1. The smallest absolute Gasteiger partial charge is 0.399 e. The van der Waals surface area contributed by atoms with Crippen molar-refractivity contribution in [2.24, 2.45) is 0 Å². The minimum Gasteiger partial charge on any atom is -0.399 e. The molecule has 0 aliphatic carbocycles. The summed E-state index contributed by atoms with van der Waals surface area (Å²) in [6.45, 7) is 7.17. The fourth-order valence-electron chi connectivity index (χ4n) is 1.77. The maximum atomic E-state index is 12.5. The molecular formula is C12H14BClF3NO3. The molecule has 0 amide bonds. The van der Waals surface area contributed by atoms with E-state index in [2.05, 4.69) is 9.72 Å². The van der Waals surface area contributed by atoms with Gasteiger partial charge in [-0.15, -0.1) is 13.2 Å². The van der Waals surface area contributed by atoms with Gasteiger partial charge in [-0.25, -0.2) is 4.98 Å². The lowest BCUT2D eigenvalue weighted by Crippen LogP contribution is -2.41. The number of aromatic nitrogens is 1. The van der Waals surface area contributed by atoms with E-state index in [9.17, 15) is 13.2 Å². The summed E-state index contributed by atoms with van der Waals surface area (Å²) in [5.41, 5.74) is -1.34. The first-order valence-corrected chi connectivity index (χ1v) is 6.57. The van der Waals surface area contributed by atoms with Gasteiger partial charge >= 0.3 is 13.5 Å². The molecule has 2 rings (SSSR count). The van der Waals surface area contributed by atoms with E-state index in [0.29, 0.717) is 0 Å². The average Bonchev–Trinajstić information content (AvgIpc) is 2.45. The summed E-state index contributed by atoms with van der Waals surface area (Å²) >= 11 is 5.62. The Hall–Kier alpha value is -0.985. The van der Waals surface area contributed by atoms with E-state index in [1.54, 1.807) is 27.7 Å². The maximum absolute atomic E-state index is 12.5. The largest absolute Gasteiger partial charge is 0.574 e. The molecule has 0 aromatic carbocycles. The van der Waals surface area contributed by atoms with Crippen molar-refractivity contribution in [1.29, 1.82) is 0 Å². The first-order chi connectivity index (χ1) is 9.41. The van der Waals surface area contributed by atoms with Crippen molar-refractivity contribution in [3.63, 3.8) is 0 Å². The Bertz CT molecular complexity index is 535. The number of halogens is 4. The predicted molar refractivity (Wildman–Crippen MR) is 71.6 cm³/mol. The van der Waals surface area contributed by atoms with Crippen LogP contribution in [0.3, 0.4) is 0 Å². The molecule has 2 heterocycles. The van der Waals surface area contributed by atoms with E-state index in [1.165, 1.54) is 12.1 Å². The lowest BCUT2D eigenvalue weighted by molar-refractivity contribution is -0.275. The van der Waals surface area contributed by atoms with Crippen LogP contribution in [0.25, 0.3) is 0 Å². The number of ether oxygens (including phenoxy) is 1. The fourth-order valence-corrected chi connectivity index (χ4v) is 1.91. The molecule has 0 radical (unpaired) electrons. The van der Waals surface area contributed by atoms with Crippen molar-refractivity contribution < 1.29 is 27.2 Å². The molecule has 1 fully saturated rings. The molecule has 1 aliphatic rings. The van der Waals surface area contributed by atoms with E-state index in [0.717, 1.165) is 0 Å². The van der Waals surface area contributed by atoms with Crippen molar-refractivity contribution in [2.45, 2.75) is 45.3 Å². The molecule has 116 valence electrons. The third-order valence-electron chi connectivity index (χ3n) is 3.58. The monoisotopic (exact) mass is 323 g/mol. The number of hydrogen-bond donors (Lipinski definition) is 0. The van der Waals surface area contributed by atoms with E-state index in [-0.39, 0.29) is 10.6 Å². The van der Waals surface area contributed by atoms with Gasteiger partial charge in [-0.3, -0.25) is 0 Å². The van der Waals surface area contributed by atoms with Crippen LogP contribution < -0.4 is 10.2 Å². The van der Waals surface area contributed by atoms with Crippen LogP contribution in [0.4, 0.5) is 13.2 Å². The van der Waals surface area contributed by atoms with Crippen LogP contribution in [-0.4, -0.2) is 29.7 Å². The van der Waals surface area contributed by atoms with Gasteiger partial charge in [-0.05, 0) is 33.8 Å². The van der Waals surface area contributed by atoms with E-state index in [1.807, 2.05) is 0 Å². The first kappa shape index (κ1) is 16.4. The second kappa shape index (κ2) is 5.03. The van der Waals surface area contributed by atoms with Crippen LogP contribution in [-0.2, 0) is 9.31 Å². The summed E-state index contributed by atoms with van der Waals surface area (Å²) < 4.78 is 52.7. The molecule has 1 aromatic rings. The van der Waals surface area contributed by atoms with Gasteiger partial charge in [0, 0.05) is 5.46 Å². The molecule has 0 atom stereocenters. The third kappa shape index (κ3) is 3.44. The van der Waals surface area contributed by atoms with Crippen LogP contribution in [0.2, 0.25) is 5.15 Å². The van der Waals surface area contributed by atoms with Crippen molar-refractivity contribution in [3.05, 3.63) is 17.3 Å². The summed E-state index contributed by atoms with van der Waals surface area (Å²) in [4.78, 5) is 3.56. The molecule has 1 aliphatic heterocycles. The summed E-state index contributed by atoms with van der Waals surface area (Å²) in [6, 6.07) is 2.70. The van der Waals surface area contributed by atoms with E-state index < -0.39 is 30.6 Å². The second-order valence-corrected chi connectivity index (χ2v) is 6.05. The van der Waals surface area contributed by atoms with Crippen molar-refractivity contribution >= 4 is 24.2 Å². The highest BCUT2D eigenvalue weighted by molar-refractivity contribution is 6.63. The van der Waals surface area contributed by atoms with Gasteiger partial charge in [-0.1, -0.05) is 17.7 Å². The number of alkyl halides is 3. The van der Waals surface area contributed by atoms with Crippen LogP contribution in [0.5, 0.6) is 5.88 Å². The SMILES string of the molecule is CC1(C)OB(c2ccc(Cl)nc2OC(F)(F)F)OC1(C)C. The highest BCUT2D eigenvalue weighted by atomic mass is 35.5. The first-order valence-electron chi connectivity index (χ1n) is 6.19. The summed E-state index contributed by atoms with van der Waals surface area (Å²) in [5.74, 6) is -0.673. The van der Waals surface area contributed by atoms with E-state index in [4.69, 9.17) is 20.9 Å². The van der Waals surface area contributed by atoms with Gasteiger partial charge in [0.25, 0.3) is 0 Å². The maximum Gasteiger partial charge on any atom is 0.574 e. The Morgan fingerprint density at radius 1 is 1.14 bits per heavy atom. The van der Waals surface area contributed by atoms with Gasteiger partial charge in [0.2, 0.25) is 5.88 Å². The van der Waals surface area contributed by atoms with E-state index >= 15 is 0 Å². The van der Waals surface area contributed by atoms with Crippen LogP contribution in [0.15, 0.2) is 12.1 Å². The zero-order valence-electron chi connectivity index (χ0n) is 11.9. The molecule has 1 aromatic heterocycles. The molecule has 0 spiro atoms. The third-order valence-corrected chi connectivity index (χ3v) is 3.79. The lowest BCUT2D eigenvalue weighted by atomic mass is 9.80. The highest BCUT2D eigenvalue weighted by Gasteiger charge is 2.53. The molecule has 0 bridgehead atoms. The Kier molecular flexibility index (Phi) is 3.93. The Morgan fingerprint density at radius 2 is 1.67 bits per heavy atom. The molecule has 21 heavy (non-hydrogen) atoms. The normalized spacial score (nSPS) is 20.7. The average molecular weight is 324 g/mol. The summed E-state index contributed by atoms with van der Waals surface area (Å²) in [6.07, 6.45) is -4.88.